The van der Waals surface area contributed by atoms with E-state index in [-0.39, 0.29) is 18.1 Å². The highest BCUT2D eigenvalue weighted by Gasteiger charge is 2.37. The molecule has 3 heterocycles. The number of carbonyl (C=O) groups is 1. The molecule has 8 nitrogen and oxygen atoms in total. The Labute approximate surface area is 193 Å². The molecule has 0 aliphatic rings. The number of amides is 1. The zero-order valence-corrected chi connectivity index (χ0v) is 18.8. The van der Waals surface area contributed by atoms with E-state index in [0.717, 1.165) is 11.2 Å². The second-order valence-electron chi connectivity index (χ2n) is 7.73. The number of hydrogen-bond donors (Lipinski definition) is 2. The number of pyridine rings is 1. The van der Waals surface area contributed by atoms with E-state index in [4.69, 9.17) is 9.63 Å². The molecule has 1 amide bonds. The Morgan fingerprint density at radius 2 is 1.97 bits per heavy atom. The van der Waals surface area contributed by atoms with Crippen molar-refractivity contribution in [2.24, 2.45) is 0 Å². The Hall–Kier alpha value is -3.73. The van der Waals surface area contributed by atoms with E-state index in [9.17, 15) is 18.0 Å². The first-order chi connectivity index (χ1) is 16.1. The van der Waals surface area contributed by atoms with Gasteiger partial charge in [0.1, 0.15) is 11.8 Å². The number of nitrogens with zero attached hydrogens (tertiary/aromatic N) is 4. The van der Waals surface area contributed by atoms with Crippen molar-refractivity contribution in [1.82, 2.24) is 19.5 Å². The van der Waals surface area contributed by atoms with Gasteiger partial charge in [0.05, 0.1) is 0 Å². The molecule has 4 rings (SSSR count). The van der Waals surface area contributed by atoms with Crippen LogP contribution in [0, 0.1) is 20.8 Å². The molecule has 34 heavy (non-hydrogen) atoms. The highest BCUT2D eigenvalue weighted by Crippen LogP contribution is 2.25. The molecular formula is C23H24F3N5O3. The summed E-state index contributed by atoms with van der Waals surface area (Å²) in [6.07, 6.45) is -3.39. The molecule has 11 heteroatoms. The summed E-state index contributed by atoms with van der Waals surface area (Å²) in [4.78, 5) is 18.8. The highest BCUT2D eigenvalue weighted by molar-refractivity contribution is 5.76. The number of aromatic nitrogens is 4. The number of nitrogens with one attached hydrogen (secondary N) is 1. The fraction of sp³-hybridized carbons (Fsp3) is 0.304. The van der Waals surface area contributed by atoms with Crippen molar-refractivity contribution in [1.29, 1.82) is 0 Å². The maximum atomic E-state index is 12.2. The summed E-state index contributed by atoms with van der Waals surface area (Å²) in [6.45, 7) is 5.93. The molecule has 1 unspecified atom stereocenters. The summed E-state index contributed by atoms with van der Waals surface area (Å²) in [5.41, 5.74) is 5.41. The Kier molecular flexibility index (Phi) is 7.67. The lowest BCUT2D eigenvalue weighted by molar-refractivity contribution is -0.205. The van der Waals surface area contributed by atoms with Gasteiger partial charge in [-0.15, -0.1) is 0 Å². The van der Waals surface area contributed by atoms with Crippen LogP contribution in [0.5, 0.6) is 0 Å². The number of carbonyl (C=O) groups excluding carboxylic acids is 1. The number of aryl methyl sites for hydroxylation is 4. The van der Waals surface area contributed by atoms with Crippen LogP contribution in [-0.4, -0.2) is 43.3 Å². The number of aliphatic hydroxyl groups is 1. The van der Waals surface area contributed by atoms with Crippen LogP contribution in [0.3, 0.4) is 0 Å². The van der Waals surface area contributed by atoms with Gasteiger partial charge in [-0.25, -0.2) is 4.98 Å². The molecule has 180 valence electrons. The van der Waals surface area contributed by atoms with Crippen molar-refractivity contribution < 1.29 is 27.6 Å². The van der Waals surface area contributed by atoms with Gasteiger partial charge in [0, 0.05) is 35.8 Å². The van der Waals surface area contributed by atoms with Gasteiger partial charge in [-0.2, -0.15) is 18.2 Å². The van der Waals surface area contributed by atoms with Crippen LogP contribution in [0.1, 0.15) is 29.1 Å². The minimum Gasteiger partial charge on any atom is -0.384 e. The van der Waals surface area contributed by atoms with E-state index < -0.39 is 18.7 Å². The van der Waals surface area contributed by atoms with E-state index in [2.05, 4.69) is 50.8 Å². The van der Waals surface area contributed by atoms with Gasteiger partial charge in [0.25, 0.3) is 0 Å². The lowest BCUT2D eigenvalue weighted by Gasteiger charge is -2.12. The van der Waals surface area contributed by atoms with Crippen LogP contribution in [0.25, 0.3) is 17.0 Å². The number of aliphatic hydroxyl groups excluding tert-OH is 1. The van der Waals surface area contributed by atoms with Crippen molar-refractivity contribution in [3.05, 3.63) is 65.4 Å². The van der Waals surface area contributed by atoms with Crippen LogP contribution in [-0.2, 0) is 11.2 Å². The first kappa shape index (κ1) is 24.9. The van der Waals surface area contributed by atoms with E-state index >= 15 is 0 Å². The summed E-state index contributed by atoms with van der Waals surface area (Å²) < 4.78 is 43.6. The minimum atomic E-state index is -4.67. The number of benzene rings is 1. The van der Waals surface area contributed by atoms with Crippen molar-refractivity contribution in [3.8, 4) is 11.4 Å². The largest absolute Gasteiger partial charge is 0.414 e. The molecule has 0 saturated carbocycles. The van der Waals surface area contributed by atoms with Crippen molar-refractivity contribution in [2.75, 3.05) is 5.32 Å². The smallest absolute Gasteiger partial charge is 0.384 e. The monoisotopic (exact) mass is 475 g/mol. The maximum absolute atomic E-state index is 12.2. The second-order valence-corrected chi connectivity index (χ2v) is 7.73. The van der Waals surface area contributed by atoms with E-state index in [1.165, 1.54) is 11.3 Å². The number of anilines is 1. The highest BCUT2D eigenvalue weighted by atomic mass is 19.4. The third kappa shape index (κ3) is 6.19. The van der Waals surface area contributed by atoms with Crippen LogP contribution < -0.4 is 5.32 Å². The summed E-state index contributed by atoms with van der Waals surface area (Å²) in [5.74, 6) is 0.184. The molecule has 1 aromatic carbocycles. The standard InChI is InChI=1S/C14H14F3N3O3.C9H10N2/c1-8-2-3-9(6-10(8)18-7-21)13-19-12(23-20-13)5-4-11(22)14(15,16)17;1-7-3-4-11-8(2)6-10-9(11)5-7/h2-3,6-7,11,22H,4-5H2,1H3,(H,18,21);3-6H,1-2H3. The zero-order valence-electron chi connectivity index (χ0n) is 18.8. The number of imidazole rings is 1. The van der Waals surface area contributed by atoms with Gasteiger partial charge in [-0.1, -0.05) is 17.3 Å². The predicted molar refractivity (Wildman–Crippen MR) is 119 cm³/mol. The molecular weight excluding hydrogens is 451 g/mol. The Morgan fingerprint density at radius 3 is 2.68 bits per heavy atom. The summed E-state index contributed by atoms with van der Waals surface area (Å²) in [6, 6.07) is 9.23. The number of hydrogen-bond acceptors (Lipinski definition) is 6. The molecule has 0 bridgehead atoms. The number of halogens is 3. The zero-order chi connectivity index (χ0) is 24.9. The average Bonchev–Trinajstić information content (AvgIpc) is 3.40. The lowest BCUT2D eigenvalue weighted by atomic mass is 10.1. The maximum Gasteiger partial charge on any atom is 0.414 e. The number of rotatable bonds is 6. The second kappa shape index (κ2) is 10.5. The minimum absolute atomic E-state index is 0.00577. The fourth-order valence-electron chi connectivity index (χ4n) is 3.09. The number of fused-ring (bicyclic) bond motifs is 1. The van der Waals surface area contributed by atoms with Crippen LogP contribution in [0.15, 0.2) is 47.2 Å². The summed E-state index contributed by atoms with van der Waals surface area (Å²) >= 11 is 0. The molecule has 1 atom stereocenters. The van der Waals surface area contributed by atoms with Crippen LogP contribution >= 0.6 is 0 Å². The predicted octanol–water partition coefficient (Wildman–Crippen LogP) is 4.42. The van der Waals surface area contributed by atoms with Gasteiger partial charge in [0.2, 0.25) is 18.1 Å². The molecule has 2 N–H and O–H groups in total. The van der Waals surface area contributed by atoms with Gasteiger partial charge in [0.15, 0.2) is 0 Å². The molecule has 0 aliphatic heterocycles. The third-order valence-electron chi connectivity index (χ3n) is 5.04. The SMILES string of the molecule is Cc1ccc(-c2noc(CCC(O)C(F)(F)F)n2)cc1NC=O.Cc1ccn2c(C)cnc2c1. The van der Waals surface area contributed by atoms with E-state index in [1.54, 1.807) is 25.1 Å². The molecule has 0 radical (unpaired) electrons. The van der Waals surface area contributed by atoms with Gasteiger partial charge in [-0.3, -0.25) is 4.79 Å². The van der Waals surface area contributed by atoms with Gasteiger partial charge >= 0.3 is 6.18 Å². The topological polar surface area (TPSA) is 106 Å². The fourth-order valence-corrected chi connectivity index (χ4v) is 3.09. The first-order valence-corrected chi connectivity index (χ1v) is 10.4. The number of alkyl halides is 3. The van der Waals surface area contributed by atoms with Crippen LogP contribution in [0.2, 0.25) is 0 Å². The van der Waals surface area contributed by atoms with Crippen molar-refractivity contribution >= 4 is 17.7 Å². The lowest BCUT2D eigenvalue weighted by Crippen LogP contribution is -2.28. The third-order valence-corrected chi connectivity index (χ3v) is 5.04. The molecule has 0 spiro atoms. The Balaban J connectivity index is 0.000000243. The van der Waals surface area contributed by atoms with E-state index in [0.29, 0.717) is 17.7 Å². The summed E-state index contributed by atoms with van der Waals surface area (Å²) in [5, 5.41) is 15.2. The molecule has 4 aromatic rings. The van der Waals surface area contributed by atoms with Crippen molar-refractivity contribution in [2.45, 2.75) is 45.9 Å². The van der Waals surface area contributed by atoms with Crippen LogP contribution in [0.4, 0.5) is 18.9 Å². The quantitative estimate of drug-likeness (QED) is 0.400. The normalized spacial score (nSPS) is 12.2. The molecule has 0 aliphatic carbocycles. The molecule has 3 aromatic heterocycles. The van der Waals surface area contributed by atoms with Gasteiger partial charge < -0.3 is 19.3 Å². The van der Waals surface area contributed by atoms with Crippen molar-refractivity contribution in [3.63, 3.8) is 0 Å². The average molecular weight is 475 g/mol. The molecule has 0 fully saturated rings. The molecule has 0 saturated heterocycles. The Morgan fingerprint density at radius 1 is 1.21 bits per heavy atom. The van der Waals surface area contributed by atoms with Gasteiger partial charge in [-0.05, 0) is 56.5 Å². The summed E-state index contributed by atoms with van der Waals surface area (Å²) in [7, 11) is 0. The Bertz CT molecular complexity index is 1270. The van der Waals surface area contributed by atoms with E-state index in [1.807, 2.05) is 12.4 Å². The first-order valence-electron chi connectivity index (χ1n) is 10.4.